The predicted molar refractivity (Wildman–Crippen MR) is 90.7 cm³/mol. The second-order valence-corrected chi connectivity index (χ2v) is 6.07. The first kappa shape index (κ1) is 17.0. The van der Waals surface area contributed by atoms with E-state index in [1.54, 1.807) is 6.92 Å². The molecule has 2 aromatic heterocycles. The number of aromatic nitrogens is 3. The van der Waals surface area contributed by atoms with Gasteiger partial charge in [0.25, 0.3) is 0 Å². The number of phenols is 1. The van der Waals surface area contributed by atoms with Crippen LogP contribution >= 0.6 is 0 Å². The van der Waals surface area contributed by atoms with Crippen LogP contribution in [0.1, 0.15) is 34.9 Å². The summed E-state index contributed by atoms with van der Waals surface area (Å²) in [6.07, 6.45) is 1.55. The third-order valence-corrected chi connectivity index (χ3v) is 3.93. The summed E-state index contributed by atoms with van der Waals surface area (Å²) >= 11 is 0. The number of aromatic hydroxyl groups is 1. The number of ether oxygens (including phenoxy) is 1. The Bertz CT molecular complexity index is 883. The van der Waals surface area contributed by atoms with Gasteiger partial charge in [-0.1, -0.05) is 10.3 Å². The molecule has 0 saturated heterocycles. The minimum atomic E-state index is 0.104. The Kier molecular flexibility index (Phi) is 4.74. The molecule has 7 heteroatoms. The van der Waals surface area contributed by atoms with Crippen LogP contribution in [0.25, 0.3) is 11.4 Å². The van der Waals surface area contributed by atoms with Crippen molar-refractivity contribution in [2.75, 3.05) is 6.61 Å². The maximum absolute atomic E-state index is 10.5. The van der Waals surface area contributed by atoms with Crippen LogP contribution in [0.15, 0.2) is 21.2 Å². The molecule has 2 heterocycles. The molecular formula is C18H21N3O4. The van der Waals surface area contributed by atoms with Gasteiger partial charge < -0.3 is 18.9 Å². The highest BCUT2D eigenvalue weighted by molar-refractivity contribution is 5.70. The number of nitrogens with zero attached hydrogens (tertiary/aromatic N) is 3. The zero-order valence-electron chi connectivity index (χ0n) is 14.8. The van der Waals surface area contributed by atoms with Gasteiger partial charge in [0.05, 0.1) is 17.9 Å². The van der Waals surface area contributed by atoms with Crippen molar-refractivity contribution < 1.29 is 18.9 Å². The molecule has 0 unspecified atom stereocenters. The standard InChI is InChI=1S/C18H21N3O4/c1-10-8-15(18-19-13(4)24-21-18)16(22)12(3)17(10)23-7-5-6-14-9-11(2)20-25-14/h8-9,22H,5-7H2,1-4H3. The van der Waals surface area contributed by atoms with E-state index in [9.17, 15) is 5.11 Å². The van der Waals surface area contributed by atoms with Gasteiger partial charge in [-0.05, 0) is 38.8 Å². The average Bonchev–Trinajstić information content (AvgIpc) is 3.18. The minimum absolute atomic E-state index is 0.104. The van der Waals surface area contributed by atoms with Gasteiger partial charge in [-0.2, -0.15) is 4.98 Å². The zero-order valence-corrected chi connectivity index (χ0v) is 14.8. The van der Waals surface area contributed by atoms with Gasteiger partial charge in [0, 0.05) is 25.0 Å². The first-order valence-corrected chi connectivity index (χ1v) is 8.14. The first-order valence-electron chi connectivity index (χ1n) is 8.14. The highest BCUT2D eigenvalue weighted by atomic mass is 16.5. The van der Waals surface area contributed by atoms with E-state index in [1.165, 1.54) is 0 Å². The molecule has 0 fully saturated rings. The Morgan fingerprint density at radius 2 is 1.88 bits per heavy atom. The summed E-state index contributed by atoms with van der Waals surface area (Å²) < 4.78 is 16.1. The Morgan fingerprint density at radius 3 is 2.52 bits per heavy atom. The molecule has 3 aromatic rings. The maximum Gasteiger partial charge on any atom is 0.223 e. The van der Waals surface area contributed by atoms with E-state index in [1.807, 2.05) is 32.9 Å². The molecule has 0 aliphatic carbocycles. The largest absolute Gasteiger partial charge is 0.507 e. The summed E-state index contributed by atoms with van der Waals surface area (Å²) in [5.41, 5.74) is 2.98. The molecule has 1 N–H and O–H groups in total. The molecule has 1 aromatic carbocycles. The Labute approximate surface area is 145 Å². The molecule has 132 valence electrons. The number of phenolic OH excluding ortho intramolecular Hbond substituents is 1. The van der Waals surface area contributed by atoms with Crippen molar-refractivity contribution in [3.63, 3.8) is 0 Å². The van der Waals surface area contributed by atoms with Crippen LogP contribution in [0.4, 0.5) is 0 Å². The quantitative estimate of drug-likeness (QED) is 0.682. The molecule has 0 spiro atoms. The van der Waals surface area contributed by atoms with E-state index in [4.69, 9.17) is 13.8 Å². The van der Waals surface area contributed by atoms with E-state index in [2.05, 4.69) is 15.3 Å². The van der Waals surface area contributed by atoms with Crippen LogP contribution in [-0.4, -0.2) is 27.0 Å². The third kappa shape index (κ3) is 3.65. The monoisotopic (exact) mass is 343 g/mol. The summed E-state index contributed by atoms with van der Waals surface area (Å²) in [6, 6.07) is 3.73. The molecule has 0 aliphatic heterocycles. The average molecular weight is 343 g/mol. The molecule has 0 aliphatic rings. The molecule has 0 radical (unpaired) electrons. The molecule has 25 heavy (non-hydrogen) atoms. The van der Waals surface area contributed by atoms with E-state index < -0.39 is 0 Å². The van der Waals surface area contributed by atoms with Crippen molar-refractivity contribution in [3.05, 3.63) is 40.6 Å². The lowest BCUT2D eigenvalue weighted by molar-refractivity contribution is 0.295. The van der Waals surface area contributed by atoms with E-state index in [0.29, 0.717) is 35.2 Å². The second-order valence-electron chi connectivity index (χ2n) is 6.07. The number of hydrogen-bond acceptors (Lipinski definition) is 7. The van der Waals surface area contributed by atoms with Crippen LogP contribution in [0.3, 0.4) is 0 Å². The van der Waals surface area contributed by atoms with Crippen molar-refractivity contribution >= 4 is 0 Å². The molecule has 7 nitrogen and oxygen atoms in total. The van der Waals surface area contributed by atoms with Crippen molar-refractivity contribution in [2.24, 2.45) is 0 Å². The van der Waals surface area contributed by atoms with E-state index >= 15 is 0 Å². The minimum Gasteiger partial charge on any atom is -0.507 e. The zero-order chi connectivity index (χ0) is 18.0. The molecule has 0 amide bonds. The van der Waals surface area contributed by atoms with Gasteiger partial charge in [0.15, 0.2) is 0 Å². The lowest BCUT2D eigenvalue weighted by Gasteiger charge is -2.15. The molecule has 0 bridgehead atoms. The number of hydrogen-bond donors (Lipinski definition) is 1. The van der Waals surface area contributed by atoms with Crippen LogP contribution in [0.2, 0.25) is 0 Å². The second kappa shape index (κ2) is 6.96. The van der Waals surface area contributed by atoms with Crippen LogP contribution in [-0.2, 0) is 6.42 Å². The smallest absolute Gasteiger partial charge is 0.223 e. The number of benzene rings is 1. The first-order chi connectivity index (χ1) is 12.0. The van der Waals surface area contributed by atoms with E-state index in [0.717, 1.165) is 29.9 Å². The summed E-state index contributed by atoms with van der Waals surface area (Å²) in [5, 5.41) is 18.2. The Morgan fingerprint density at radius 1 is 1.08 bits per heavy atom. The maximum atomic E-state index is 10.5. The van der Waals surface area contributed by atoms with Gasteiger partial charge in [0.1, 0.15) is 17.3 Å². The van der Waals surface area contributed by atoms with Gasteiger partial charge in [-0.25, -0.2) is 0 Å². The number of aryl methyl sites for hydroxylation is 4. The lowest BCUT2D eigenvalue weighted by Crippen LogP contribution is -2.03. The van der Waals surface area contributed by atoms with Crippen molar-refractivity contribution in [1.29, 1.82) is 0 Å². The van der Waals surface area contributed by atoms with Crippen LogP contribution in [0, 0.1) is 27.7 Å². The summed E-state index contributed by atoms with van der Waals surface area (Å²) in [4.78, 5) is 4.17. The van der Waals surface area contributed by atoms with Crippen LogP contribution < -0.4 is 4.74 Å². The molecule has 0 saturated carbocycles. The van der Waals surface area contributed by atoms with Gasteiger partial charge in [-0.3, -0.25) is 0 Å². The molecule has 3 rings (SSSR count). The highest BCUT2D eigenvalue weighted by Gasteiger charge is 2.18. The lowest BCUT2D eigenvalue weighted by atomic mass is 10.0. The fourth-order valence-corrected chi connectivity index (χ4v) is 2.71. The van der Waals surface area contributed by atoms with Crippen molar-refractivity contribution in [3.8, 4) is 22.9 Å². The third-order valence-electron chi connectivity index (χ3n) is 3.93. The van der Waals surface area contributed by atoms with Gasteiger partial charge in [-0.15, -0.1) is 0 Å². The summed E-state index contributed by atoms with van der Waals surface area (Å²) in [5.74, 6) is 2.45. The predicted octanol–water partition coefficient (Wildman–Crippen LogP) is 3.68. The number of rotatable bonds is 6. The Balaban J connectivity index is 1.70. The highest BCUT2D eigenvalue weighted by Crippen LogP contribution is 2.38. The molecular weight excluding hydrogens is 322 g/mol. The normalized spacial score (nSPS) is 11.0. The molecule has 0 atom stereocenters. The fraction of sp³-hybridized carbons (Fsp3) is 0.389. The van der Waals surface area contributed by atoms with Crippen molar-refractivity contribution in [1.82, 2.24) is 15.3 Å². The SMILES string of the molecule is Cc1cc(CCCOc2c(C)cc(-c3noc(C)n3)c(O)c2C)on1. The summed E-state index contributed by atoms with van der Waals surface area (Å²) in [7, 11) is 0. The van der Waals surface area contributed by atoms with Gasteiger partial charge >= 0.3 is 0 Å². The van der Waals surface area contributed by atoms with E-state index in [-0.39, 0.29) is 5.75 Å². The van der Waals surface area contributed by atoms with Crippen molar-refractivity contribution in [2.45, 2.75) is 40.5 Å². The van der Waals surface area contributed by atoms with Crippen LogP contribution in [0.5, 0.6) is 11.5 Å². The van der Waals surface area contributed by atoms with Gasteiger partial charge in [0.2, 0.25) is 11.7 Å². The Hall–Kier alpha value is -2.83. The topological polar surface area (TPSA) is 94.4 Å². The fourth-order valence-electron chi connectivity index (χ4n) is 2.71. The summed E-state index contributed by atoms with van der Waals surface area (Å²) in [6.45, 7) is 7.86.